The van der Waals surface area contributed by atoms with Gasteiger partial charge in [-0.25, -0.2) is 4.98 Å². The molecule has 1 aliphatic carbocycles. The first-order valence-corrected chi connectivity index (χ1v) is 8.67. The van der Waals surface area contributed by atoms with E-state index in [9.17, 15) is 0 Å². The molecule has 1 aromatic rings. The van der Waals surface area contributed by atoms with Crippen LogP contribution in [-0.4, -0.2) is 33.6 Å². The summed E-state index contributed by atoms with van der Waals surface area (Å²) in [5, 5.41) is 4.36. The van der Waals surface area contributed by atoms with Crippen molar-refractivity contribution in [3.8, 4) is 0 Å². The molecule has 0 aliphatic heterocycles. The molecule has 1 N–H and O–H groups in total. The minimum atomic E-state index is 0.541. The predicted octanol–water partition coefficient (Wildman–Crippen LogP) is 3.10. The van der Waals surface area contributed by atoms with Crippen LogP contribution in [0.3, 0.4) is 0 Å². The first kappa shape index (κ1) is 14.9. The number of aromatic nitrogens is 2. The van der Waals surface area contributed by atoms with Gasteiger partial charge in [0.25, 0.3) is 0 Å². The van der Waals surface area contributed by atoms with Crippen LogP contribution in [0.2, 0.25) is 0 Å². The molecular formula is C15H27N3S. The Bertz CT molecular complexity index is 358. The van der Waals surface area contributed by atoms with E-state index in [2.05, 4.69) is 46.8 Å². The fourth-order valence-corrected chi connectivity index (χ4v) is 4.22. The average molecular weight is 281 g/mol. The van der Waals surface area contributed by atoms with Gasteiger partial charge in [-0.1, -0.05) is 19.3 Å². The van der Waals surface area contributed by atoms with E-state index in [0.29, 0.717) is 6.04 Å². The molecule has 1 unspecified atom stereocenters. The Kier molecular flexibility index (Phi) is 6.24. The lowest BCUT2D eigenvalue weighted by molar-refractivity contribution is 0.513. The molecule has 1 atom stereocenters. The smallest absolute Gasteiger partial charge is 0.110 e. The van der Waals surface area contributed by atoms with Crippen LogP contribution in [0.5, 0.6) is 0 Å². The van der Waals surface area contributed by atoms with Gasteiger partial charge in [0.05, 0.1) is 0 Å². The summed E-state index contributed by atoms with van der Waals surface area (Å²) in [4.78, 5) is 4.48. The standard InChI is InChI=1S/C15H27N3S/c1-3-18-10-9-17-15(18)11-13(16-2)12-19-14-7-5-4-6-8-14/h9-10,13-14,16H,3-8,11-12H2,1-2H3. The number of thioether (sulfide) groups is 1. The highest BCUT2D eigenvalue weighted by Gasteiger charge is 2.17. The number of imidazole rings is 1. The number of rotatable bonds is 7. The van der Waals surface area contributed by atoms with Crippen LogP contribution in [0.15, 0.2) is 12.4 Å². The van der Waals surface area contributed by atoms with Crippen LogP contribution in [0.1, 0.15) is 44.9 Å². The fourth-order valence-electron chi connectivity index (χ4n) is 2.77. The van der Waals surface area contributed by atoms with Gasteiger partial charge in [-0.3, -0.25) is 0 Å². The van der Waals surface area contributed by atoms with Crippen molar-refractivity contribution in [2.45, 2.75) is 63.3 Å². The van der Waals surface area contributed by atoms with Gasteiger partial charge in [-0.15, -0.1) is 0 Å². The van der Waals surface area contributed by atoms with Gasteiger partial charge in [0.2, 0.25) is 0 Å². The Morgan fingerprint density at radius 1 is 1.42 bits per heavy atom. The van der Waals surface area contributed by atoms with Gasteiger partial charge in [-0.2, -0.15) is 11.8 Å². The number of hydrogen-bond donors (Lipinski definition) is 1. The normalized spacial score (nSPS) is 18.6. The molecule has 1 saturated carbocycles. The number of hydrogen-bond acceptors (Lipinski definition) is 3. The molecular weight excluding hydrogens is 254 g/mol. The molecule has 0 bridgehead atoms. The zero-order chi connectivity index (χ0) is 13.5. The molecule has 1 aromatic heterocycles. The number of nitrogens with zero attached hydrogens (tertiary/aromatic N) is 2. The topological polar surface area (TPSA) is 29.9 Å². The summed E-state index contributed by atoms with van der Waals surface area (Å²) in [6, 6.07) is 0.541. The summed E-state index contributed by atoms with van der Waals surface area (Å²) >= 11 is 2.17. The lowest BCUT2D eigenvalue weighted by atomic mass is 10.0. The van der Waals surface area contributed by atoms with E-state index in [4.69, 9.17) is 0 Å². The summed E-state index contributed by atoms with van der Waals surface area (Å²) in [5.74, 6) is 2.42. The molecule has 0 radical (unpaired) electrons. The molecule has 0 amide bonds. The van der Waals surface area contributed by atoms with E-state index in [1.54, 1.807) is 0 Å². The summed E-state index contributed by atoms with van der Waals surface area (Å²) in [7, 11) is 2.07. The Labute approximate surface area is 121 Å². The SMILES string of the molecule is CCn1ccnc1CC(CSC1CCCCC1)NC. The highest BCUT2D eigenvalue weighted by atomic mass is 32.2. The van der Waals surface area contributed by atoms with Crippen molar-refractivity contribution >= 4 is 11.8 Å². The molecule has 19 heavy (non-hydrogen) atoms. The lowest BCUT2D eigenvalue weighted by Gasteiger charge is -2.24. The Balaban J connectivity index is 1.79. The molecule has 1 heterocycles. The van der Waals surface area contributed by atoms with Crippen molar-refractivity contribution in [1.29, 1.82) is 0 Å². The van der Waals surface area contributed by atoms with Crippen molar-refractivity contribution in [3.05, 3.63) is 18.2 Å². The monoisotopic (exact) mass is 281 g/mol. The van der Waals surface area contributed by atoms with Crippen LogP contribution in [-0.2, 0) is 13.0 Å². The Morgan fingerprint density at radius 3 is 2.89 bits per heavy atom. The van der Waals surface area contributed by atoms with E-state index < -0.39 is 0 Å². The second kappa shape index (κ2) is 7.95. The van der Waals surface area contributed by atoms with E-state index in [1.807, 2.05) is 6.20 Å². The fraction of sp³-hybridized carbons (Fsp3) is 0.800. The van der Waals surface area contributed by atoms with Crippen LogP contribution in [0, 0.1) is 0 Å². The van der Waals surface area contributed by atoms with Gasteiger partial charge >= 0.3 is 0 Å². The zero-order valence-corrected chi connectivity index (χ0v) is 13.1. The zero-order valence-electron chi connectivity index (χ0n) is 12.3. The summed E-state index contributed by atoms with van der Waals surface area (Å²) in [6.07, 6.45) is 12.2. The highest BCUT2D eigenvalue weighted by Crippen LogP contribution is 2.28. The molecule has 108 valence electrons. The number of nitrogens with one attached hydrogen (secondary N) is 1. The second-order valence-corrected chi connectivity index (χ2v) is 6.75. The van der Waals surface area contributed by atoms with Crippen LogP contribution in [0.25, 0.3) is 0 Å². The maximum Gasteiger partial charge on any atom is 0.110 e. The maximum absolute atomic E-state index is 4.48. The molecule has 4 heteroatoms. The van der Waals surface area contributed by atoms with Crippen LogP contribution >= 0.6 is 11.8 Å². The minimum Gasteiger partial charge on any atom is -0.335 e. The third-order valence-corrected chi connectivity index (χ3v) is 5.60. The van der Waals surface area contributed by atoms with Gasteiger partial charge in [-0.05, 0) is 26.8 Å². The molecule has 1 aliphatic rings. The number of aryl methyl sites for hydroxylation is 1. The van der Waals surface area contributed by atoms with Gasteiger partial charge in [0, 0.05) is 42.4 Å². The molecule has 0 spiro atoms. The summed E-state index contributed by atoms with van der Waals surface area (Å²) in [6.45, 7) is 3.19. The molecule has 3 nitrogen and oxygen atoms in total. The maximum atomic E-state index is 4.48. The second-order valence-electron chi connectivity index (χ2n) is 5.41. The molecule has 0 saturated heterocycles. The van der Waals surface area contributed by atoms with Crippen molar-refractivity contribution in [2.75, 3.05) is 12.8 Å². The summed E-state index contributed by atoms with van der Waals surface area (Å²) < 4.78 is 2.25. The Morgan fingerprint density at radius 2 is 2.21 bits per heavy atom. The average Bonchev–Trinajstić information content (AvgIpc) is 2.91. The van der Waals surface area contributed by atoms with E-state index in [-0.39, 0.29) is 0 Å². The third-order valence-electron chi connectivity index (χ3n) is 4.06. The van der Waals surface area contributed by atoms with E-state index in [0.717, 1.165) is 18.2 Å². The van der Waals surface area contributed by atoms with Crippen LogP contribution in [0.4, 0.5) is 0 Å². The third kappa shape index (κ3) is 4.53. The van der Waals surface area contributed by atoms with Crippen molar-refractivity contribution in [3.63, 3.8) is 0 Å². The predicted molar refractivity (Wildman–Crippen MR) is 83.8 cm³/mol. The molecule has 0 aromatic carbocycles. The molecule has 1 fully saturated rings. The minimum absolute atomic E-state index is 0.541. The lowest BCUT2D eigenvalue weighted by Crippen LogP contribution is -2.32. The first-order valence-electron chi connectivity index (χ1n) is 7.62. The van der Waals surface area contributed by atoms with Gasteiger partial charge in [0.1, 0.15) is 5.82 Å². The van der Waals surface area contributed by atoms with Crippen LogP contribution < -0.4 is 5.32 Å². The van der Waals surface area contributed by atoms with Crippen molar-refractivity contribution in [2.24, 2.45) is 0 Å². The van der Waals surface area contributed by atoms with Crippen molar-refractivity contribution in [1.82, 2.24) is 14.9 Å². The largest absolute Gasteiger partial charge is 0.335 e. The highest BCUT2D eigenvalue weighted by molar-refractivity contribution is 7.99. The summed E-state index contributed by atoms with van der Waals surface area (Å²) in [5.41, 5.74) is 0. The number of likely N-dealkylation sites (N-methyl/N-ethyl adjacent to an activating group) is 1. The van der Waals surface area contributed by atoms with E-state index in [1.165, 1.54) is 43.7 Å². The molecule has 2 rings (SSSR count). The first-order chi connectivity index (χ1) is 9.33. The Hall–Kier alpha value is -0.480. The van der Waals surface area contributed by atoms with Gasteiger partial charge < -0.3 is 9.88 Å². The van der Waals surface area contributed by atoms with Crippen molar-refractivity contribution < 1.29 is 0 Å². The van der Waals surface area contributed by atoms with E-state index >= 15 is 0 Å². The van der Waals surface area contributed by atoms with Gasteiger partial charge in [0.15, 0.2) is 0 Å². The quantitative estimate of drug-likeness (QED) is 0.833.